The fraction of sp³-hybridized carbons (Fsp3) is 0.450. The molecule has 7 heteroatoms. The summed E-state index contributed by atoms with van der Waals surface area (Å²) >= 11 is 1.73. The second-order valence-corrected chi connectivity index (χ2v) is 7.64. The summed E-state index contributed by atoms with van der Waals surface area (Å²) in [6.45, 7) is 6.52. The minimum absolute atomic E-state index is 0.0781. The van der Waals surface area contributed by atoms with Gasteiger partial charge in [0.25, 0.3) is 0 Å². The summed E-state index contributed by atoms with van der Waals surface area (Å²) in [6.07, 6.45) is 0.705. The van der Waals surface area contributed by atoms with Crippen molar-refractivity contribution >= 4 is 23.6 Å². The summed E-state index contributed by atoms with van der Waals surface area (Å²) < 4.78 is 6.94. The van der Waals surface area contributed by atoms with Crippen molar-refractivity contribution in [2.24, 2.45) is 0 Å². The number of benzene rings is 1. The Morgan fingerprint density at radius 2 is 2.04 bits per heavy atom. The molecule has 0 N–H and O–H groups in total. The van der Waals surface area contributed by atoms with Crippen LogP contribution in [-0.2, 0) is 14.3 Å². The largest absolute Gasteiger partial charge is 0.466 e. The van der Waals surface area contributed by atoms with Gasteiger partial charge in [0.15, 0.2) is 0 Å². The van der Waals surface area contributed by atoms with E-state index in [0.717, 1.165) is 28.4 Å². The maximum atomic E-state index is 12.6. The van der Waals surface area contributed by atoms with E-state index >= 15 is 0 Å². The Labute approximate surface area is 163 Å². The van der Waals surface area contributed by atoms with Gasteiger partial charge in [0.2, 0.25) is 5.91 Å². The third-order valence-corrected chi connectivity index (χ3v) is 5.90. The molecule has 1 aliphatic rings. The van der Waals surface area contributed by atoms with Crippen molar-refractivity contribution in [2.45, 2.75) is 39.0 Å². The molecule has 2 heterocycles. The number of carbonyl (C=O) groups is 2. The maximum absolute atomic E-state index is 12.6. The Bertz CT molecular complexity index is 819. The molecule has 2 aromatic rings. The van der Waals surface area contributed by atoms with Crippen molar-refractivity contribution in [3.63, 3.8) is 0 Å². The second kappa shape index (κ2) is 8.61. The van der Waals surface area contributed by atoms with E-state index in [1.165, 1.54) is 0 Å². The molecule has 144 valence electrons. The summed E-state index contributed by atoms with van der Waals surface area (Å²) in [5, 5.41) is 4.59. The molecule has 0 aliphatic carbocycles. The number of para-hydroxylation sites is 1. The molecule has 1 saturated heterocycles. The van der Waals surface area contributed by atoms with E-state index < -0.39 is 0 Å². The molecule has 1 fully saturated rings. The monoisotopic (exact) mass is 387 g/mol. The van der Waals surface area contributed by atoms with Gasteiger partial charge in [0, 0.05) is 30.0 Å². The van der Waals surface area contributed by atoms with Crippen LogP contribution in [0.3, 0.4) is 0 Å². The zero-order valence-corrected chi connectivity index (χ0v) is 16.8. The van der Waals surface area contributed by atoms with Crippen molar-refractivity contribution in [2.75, 3.05) is 18.9 Å². The highest BCUT2D eigenvalue weighted by Crippen LogP contribution is 2.40. The smallest absolute Gasteiger partial charge is 0.307 e. The van der Waals surface area contributed by atoms with Gasteiger partial charge < -0.3 is 9.64 Å². The van der Waals surface area contributed by atoms with Crippen LogP contribution in [0.1, 0.15) is 42.1 Å². The van der Waals surface area contributed by atoms with E-state index in [4.69, 9.17) is 9.84 Å². The normalized spacial score (nSPS) is 17.2. The van der Waals surface area contributed by atoms with Gasteiger partial charge in [-0.3, -0.25) is 9.59 Å². The fourth-order valence-electron chi connectivity index (χ4n) is 3.38. The van der Waals surface area contributed by atoms with Crippen molar-refractivity contribution in [3.8, 4) is 5.69 Å². The van der Waals surface area contributed by atoms with E-state index in [1.807, 2.05) is 48.9 Å². The first kappa shape index (κ1) is 19.5. The number of thioether (sulfide) groups is 1. The number of aromatic nitrogens is 2. The first-order valence-corrected chi connectivity index (χ1v) is 10.3. The molecular weight excluding hydrogens is 362 g/mol. The Balaban J connectivity index is 1.89. The van der Waals surface area contributed by atoms with Gasteiger partial charge in [-0.2, -0.15) is 5.10 Å². The third kappa shape index (κ3) is 4.18. The molecule has 1 amide bonds. The first-order valence-electron chi connectivity index (χ1n) is 9.21. The van der Waals surface area contributed by atoms with Crippen molar-refractivity contribution in [1.82, 2.24) is 14.7 Å². The standard InChI is InChI=1S/C20H25N3O3S/c1-4-26-18(25)10-12-22-17(24)11-13-27-20(22)19-14(2)21-23(15(19)3)16-8-6-5-7-9-16/h5-9,20H,4,10-13H2,1-3H3. The highest BCUT2D eigenvalue weighted by atomic mass is 32.2. The first-order chi connectivity index (χ1) is 13.0. The topological polar surface area (TPSA) is 64.4 Å². The van der Waals surface area contributed by atoms with Gasteiger partial charge >= 0.3 is 5.97 Å². The number of carbonyl (C=O) groups excluding carboxylic acids is 2. The van der Waals surface area contributed by atoms with Crippen LogP contribution in [0, 0.1) is 13.8 Å². The molecule has 27 heavy (non-hydrogen) atoms. The zero-order chi connectivity index (χ0) is 19.4. The number of esters is 1. The number of hydrogen-bond acceptors (Lipinski definition) is 5. The van der Waals surface area contributed by atoms with Crippen LogP contribution in [-0.4, -0.2) is 45.5 Å². The number of rotatable bonds is 6. The van der Waals surface area contributed by atoms with Gasteiger partial charge in [0.05, 0.1) is 24.4 Å². The van der Waals surface area contributed by atoms with Crippen LogP contribution < -0.4 is 0 Å². The van der Waals surface area contributed by atoms with Crippen LogP contribution in [0.5, 0.6) is 0 Å². The molecule has 1 atom stereocenters. The van der Waals surface area contributed by atoms with Crippen molar-refractivity contribution in [1.29, 1.82) is 0 Å². The van der Waals surface area contributed by atoms with Gasteiger partial charge in [-0.1, -0.05) is 18.2 Å². The average molecular weight is 388 g/mol. The number of ether oxygens (including phenoxy) is 1. The Hall–Kier alpha value is -2.28. The molecule has 0 spiro atoms. The summed E-state index contributed by atoms with van der Waals surface area (Å²) in [7, 11) is 0. The summed E-state index contributed by atoms with van der Waals surface area (Å²) in [5.41, 5.74) is 3.98. The fourth-order valence-corrected chi connectivity index (χ4v) is 4.81. The minimum Gasteiger partial charge on any atom is -0.466 e. The summed E-state index contributed by atoms with van der Waals surface area (Å²) in [6, 6.07) is 9.97. The van der Waals surface area contributed by atoms with Crippen LogP contribution in [0.25, 0.3) is 5.69 Å². The lowest BCUT2D eigenvalue weighted by Gasteiger charge is -2.35. The Kier molecular flexibility index (Phi) is 6.21. The van der Waals surface area contributed by atoms with Crippen LogP contribution in [0.2, 0.25) is 0 Å². The Morgan fingerprint density at radius 3 is 2.74 bits per heavy atom. The quantitative estimate of drug-likeness (QED) is 0.711. The average Bonchev–Trinajstić information content (AvgIpc) is 2.96. The zero-order valence-electron chi connectivity index (χ0n) is 16.0. The van der Waals surface area contributed by atoms with Gasteiger partial charge in [-0.05, 0) is 32.9 Å². The number of nitrogens with zero attached hydrogens (tertiary/aromatic N) is 3. The molecule has 1 aromatic carbocycles. The van der Waals surface area contributed by atoms with E-state index in [-0.39, 0.29) is 23.7 Å². The van der Waals surface area contributed by atoms with Gasteiger partial charge in [0.1, 0.15) is 5.37 Å². The van der Waals surface area contributed by atoms with Crippen LogP contribution in [0.15, 0.2) is 30.3 Å². The molecule has 6 nitrogen and oxygen atoms in total. The van der Waals surface area contributed by atoms with E-state index in [0.29, 0.717) is 19.6 Å². The molecule has 1 unspecified atom stereocenters. The van der Waals surface area contributed by atoms with Gasteiger partial charge in [-0.25, -0.2) is 4.68 Å². The van der Waals surface area contributed by atoms with E-state index in [2.05, 4.69) is 0 Å². The summed E-state index contributed by atoms with van der Waals surface area (Å²) in [5.74, 6) is 0.580. The lowest BCUT2D eigenvalue weighted by Crippen LogP contribution is -2.39. The second-order valence-electron chi connectivity index (χ2n) is 6.45. The van der Waals surface area contributed by atoms with Crippen LogP contribution >= 0.6 is 11.8 Å². The van der Waals surface area contributed by atoms with Crippen molar-refractivity contribution in [3.05, 3.63) is 47.3 Å². The molecule has 0 saturated carbocycles. The highest BCUT2D eigenvalue weighted by Gasteiger charge is 2.34. The van der Waals surface area contributed by atoms with E-state index in [9.17, 15) is 9.59 Å². The number of aryl methyl sites for hydroxylation is 1. The predicted octanol–water partition coefficient (Wildman–Crippen LogP) is 3.41. The van der Waals surface area contributed by atoms with Crippen LogP contribution in [0.4, 0.5) is 0 Å². The lowest BCUT2D eigenvalue weighted by atomic mass is 10.1. The molecule has 1 aliphatic heterocycles. The maximum Gasteiger partial charge on any atom is 0.307 e. The SMILES string of the molecule is CCOC(=O)CCN1C(=O)CCSC1c1c(C)nn(-c2ccccc2)c1C. The number of hydrogen-bond donors (Lipinski definition) is 0. The molecule has 0 radical (unpaired) electrons. The summed E-state index contributed by atoms with van der Waals surface area (Å²) in [4.78, 5) is 26.2. The van der Waals surface area contributed by atoms with Crippen molar-refractivity contribution < 1.29 is 14.3 Å². The Morgan fingerprint density at radius 1 is 1.30 bits per heavy atom. The molecular formula is C20H25N3O3S. The molecule has 1 aromatic heterocycles. The van der Waals surface area contributed by atoms with Gasteiger partial charge in [-0.15, -0.1) is 11.8 Å². The predicted molar refractivity (Wildman–Crippen MR) is 106 cm³/mol. The van der Waals surface area contributed by atoms with E-state index in [1.54, 1.807) is 23.6 Å². The number of amides is 1. The third-order valence-electron chi connectivity index (χ3n) is 4.65. The lowest BCUT2D eigenvalue weighted by molar-refractivity contribution is -0.144. The molecule has 3 rings (SSSR count). The molecule has 0 bridgehead atoms. The highest BCUT2D eigenvalue weighted by molar-refractivity contribution is 7.99. The minimum atomic E-state index is -0.270.